The second kappa shape index (κ2) is 2.22. The normalized spacial score (nSPS) is 47.0. The molecule has 12 heavy (non-hydrogen) atoms. The Hall–Kier alpha value is -0.110. The van der Waals surface area contributed by atoms with E-state index in [1.165, 1.54) is 0 Å². The van der Waals surface area contributed by atoms with Gasteiger partial charge in [0.15, 0.2) is 0 Å². The van der Waals surface area contributed by atoms with Gasteiger partial charge in [-0.2, -0.15) is 0 Å². The molecule has 0 aromatic rings. The van der Waals surface area contributed by atoms with Crippen molar-refractivity contribution in [3.05, 3.63) is 0 Å². The summed E-state index contributed by atoms with van der Waals surface area (Å²) in [5, 5.41) is 0. The Labute approximate surface area is 73.3 Å². The molecule has 2 aliphatic rings. The van der Waals surface area contributed by atoms with E-state index in [-0.39, 0.29) is 11.5 Å². The zero-order chi connectivity index (χ0) is 8.98. The molecule has 2 fully saturated rings. The van der Waals surface area contributed by atoms with E-state index in [2.05, 4.69) is 6.92 Å². The van der Waals surface area contributed by atoms with Crippen molar-refractivity contribution in [1.82, 2.24) is 0 Å². The monoisotopic (exact) mass is 172 g/mol. The van der Waals surface area contributed by atoms with Crippen LogP contribution in [0.15, 0.2) is 0 Å². The molecular formula is C10H17FO. The lowest BCUT2D eigenvalue weighted by Crippen LogP contribution is -2.33. The fourth-order valence-corrected chi connectivity index (χ4v) is 2.27. The van der Waals surface area contributed by atoms with Gasteiger partial charge in [0, 0.05) is 0 Å². The second-order valence-corrected chi connectivity index (χ2v) is 4.95. The van der Waals surface area contributed by atoms with E-state index in [9.17, 15) is 4.39 Å². The van der Waals surface area contributed by atoms with Gasteiger partial charge in [0.2, 0.25) is 0 Å². The summed E-state index contributed by atoms with van der Waals surface area (Å²) in [5.74, 6) is 0.207. The number of hydrogen-bond acceptors (Lipinski definition) is 1. The smallest absolute Gasteiger partial charge is 0.108 e. The molecular weight excluding hydrogens is 155 g/mol. The minimum absolute atomic E-state index is 0.127. The lowest BCUT2D eigenvalue weighted by Gasteiger charge is -2.30. The highest BCUT2D eigenvalue weighted by Gasteiger charge is 2.57. The molecule has 0 N–H and O–H groups in total. The molecule has 2 unspecified atom stereocenters. The van der Waals surface area contributed by atoms with Crippen LogP contribution in [0.25, 0.3) is 0 Å². The van der Waals surface area contributed by atoms with Crippen LogP contribution in [0.5, 0.6) is 0 Å². The topological polar surface area (TPSA) is 12.5 Å². The van der Waals surface area contributed by atoms with E-state index in [0.717, 1.165) is 19.3 Å². The Morgan fingerprint density at radius 3 is 2.67 bits per heavy atom. The van der Waals surface area contributed by atoms with Crippen LogP contribution in [0, 0.1) is 5.92 Å². The Morgan fingerprint density at radius 2 is 2.17 bits per heavy atom. The molecule has 0 amide bonds. The van der Waals surface area contributed by atoms with Crippen molar-refractivity contribution in [3.8, 4) is 0 Å². The maximum Gasteiger partial charge on any atom is 0.108 e. The van der Waals surface area contributed by atoms with Gasteiger partial charge in [-0.25, -0.2) is 4.39 Å². The fourth-order valence-electron chi connectivity index (χ4n) is 2.27. The summed E-state index contributed by atoms with van der Waals surface area (Å²) in [6.45, 7) is 5.50. The quantitative estimate of drug-likeness (QED) is 0.554. The molecule has 1 heterocycles. The number of ether oxygens (including phenoxy) is 1. The maximum absolute atomic E-state index is 13.5. The van der Waals surface area contributed by atoms with Gasteiger partial charge in [0.05, 0.1) is 11.7 Å². The first-order chi connectivity index (χ1) is 5.42. The third kappa shape index (κ3) is 1.26. The first-order valence-corrected chi connectivity index (χ1v) is 4.78. The zero-order valence-corrected chi connectivity index (χ0v) is 8.06. The van der Waals surface area contributed by atoms with Crippen LogP contribution in [0.1, 0.15) is 40.0 Å². The molecule has 2 heteroatoms. The van der Waals surface area contributed by atoms with Gasteiger partial charge in [-0.05, 0) is 46.0 Å². The number of hydrogen-bond donors (Lipinski definition) is 0. The molecule has 0 aromatic heterocycles. The van der Waals surface area contributed by atoms with E-state index in [4.69, 9.17) is 4.74 Å². The summed E-state index contributed by atoms with van der Waals surface area (Å²) < 4.78 is 19.1. The highest BCUT2D eigenvalue weighted by atomic mass is 19.1. The minimum Gasteiger partial charge on any atom is -0.366 e. The van der Waals surface area contributed by atoms with Crippen molar-refractivity contribution in [2.75, 3.05) is 0 Å². The van der Waals surface area contributed by atoms with Crippen LogP contribution in [0.2, 0.25) is 0 Å². The molecule has 0 radical (unpaired) electrons. The Balaban J connectivity index is 1.98. The molecule has 1 aliphatic carbocycles. The van der Waals surface area contributed by atoms with E-state index in [1.54, 1.807) is 13.8 Å². The van der Waals surface area contributed by atoms with Crippen molar-refractivity contribution in [2.45, 2.75) is 57.4 Å². The van der Waals surface area contributed by atoms with Crippen LogP contribution >= 0.6 is 0 Å². The largest absolute Gasteiger partial charge is 0.366 e. The van der Waals surface area contributed by atoms with E-state index in [1.807, 2.05) is 0 Å². The van der Waals surface area contributed by atoms with Crippen molar-refractivity contribution < 1.29 is 9.13 Å². The number of epoxide rings is 1. The minimum atomic E-state index is -1.02. The summed E-state index contributed by atoms with van der Waals surface area (Å²) >= 11 is 0. The highest BCUT2D eigenvalue weighted by molar-refractivity contribution is 5.05. The number of fused-ring (bicyclic) bond motifs is 1. The van der Waals surface area contributed by atoms with Gasteiger partial charge in [0.25, 0.3) is 0 Å². The predicted molar refractivity (Wildman–Crippen MR) is 45.8 cm³/mol. The van der Waals surface area contributed by atoms with E-state index < -0.39 is 5.67 Å². The van der Waals surface area contributed by atoms with Crippen LogP contribution in [-0.2, 0) is 4.74 Å². The van der Waals surface area contributed by atoms with Crippen molar-refractivity contribution in [2.24, 2.45) is 5.92 Å². The SMILES string of the molecule is CC12CC[C@@H](C(C)(C)F)CC1O2. The number of halogens is 1. The first kappa shape index (κ1) is 8.49. The second-order valence-electron chi connectivity index (χ2n) is 4.95. The third-order valence-electron chi connectivity index (χ3n) is 3.49. The average molecular weight is 172 g/mol. The molecule has 1 aliphatic heterocycles. The average Bonchev–Trinajstić information content (AvgIpc) is 2.56. The molecule has 70 valence electrons. The van der Waals surface area contributed by atoms with Gasteiger partial charge in [-0.3, -0.25) is 0 Å². The van der Waals surface area contributed by atoms with Gasteiger partial charge in [-0.15, -0.1) is 0 Å². The van der Waals surface area contributed by atoms with Gasteiger partial charge < -0.3 is 4.74 Å². The Kier molecular flexibility index (Phi) is 1.57. The van der Waals surface area contributed by atoms with Gasteiger partial charge >= 0.3 is 0 Å². The van der Waals surface area contributed by atoms with Gasteiger partial charge in [0.1, 0.15) is 5.67 Å². The third-order valence-corrected chi connectivity index (χ3v) is 3.49. The van der Waals surface area contributed by atoms with Crippen molar-refractivity contribution >= 4 is 0 Å². The number of alkyl halides is 1. The lowest BCUT2D eigenvalue weighted by molar-refractivity contribution is 0.0959. The highest BCUT2D eigenvalue weighted by Crippen LogP contribution is 2.51. The lowest BCUT2D eigenvalue weighted by atomic mass is 9.76. The first-order valence-electron chi connectivity index (χ1n) is 4.78. The van der Waals surface area contributed by atoms with Crippen molar-refractivity contribution in [3.63, 3.8) is 0 Å². The fraction of sp³-hybridized carbons (Fsp3) is 1.00. The Bertz CT molecular complexity index is 197. The molecule has 2 rings (SSSR count). The van der Waals surface area contributed by atoms with Crippen molar-refractivity contribution in [1.29, 1.82) is 0 Å². The Morgan fingerprint density at radius 1 is 1.50 bits per heavy atom. The summed E-state index contributed by atoms with van der Waals surface area (Å²) in [6.07, 6.45) is 3.29. The molecule has 1 nitrogen and oxygen atoms in total. The van der Waals surface area contributed by atoms with Crippen LogP contribution in [0.3, 0.4) is 0 Å². The predicted octanol–water partition coefficient (Wildman–Crippen LogP) is 2.69. The summed E-state index contributed by atoms with van der Waals surface area (Å²) in [7, 11) is 0. The van der Waals surface area contributed by atoms with Crippen LogP contribution in [-0.4, -0.2) is 17.4 Å². The van der Waals surface area contributed by atoms with Gasteiger partial charge in [-0.1, -0.05) is 0 Å². The van der Waals surface area contributed by atoms with E-state index in [0.29, 0.717) is 6.10 Å². The molecule has 1 saturated carbocycles. The maximum atomic E-state index is 13.5. The molecule has 0 spiro atoms. The zero-order valence-electron chi connectivity index (χ0n) is 8.06. The number of rotatable bonds is 1. The summed E-state index contributed by atoms with van der Waals surface area (Å²) in [5.41, 5.74) is -0.894. The van der Waals surface area contributed by atoms with Crippen LogP contribution in [0.4, 0.5) is 4.39 Å². The van der Waals surface area contributed by atoms with Crippen LogP contribution < -0.4 is 0 Å². The summed E-state index contributed by atoms with van der Waals surface area (Å²) in [4.78, 5) is 0. The molecule has 0 aromatic carbocycles. The molecule has 0 bridgehead atoms. The molecule has 3 atom stereocenters. The molecule has 1 saturated heterocycles. The standard InChI is InChI=1S/C10H17FO/c1-9(2,11)7-4-5-10(3)8(6-7)12-10/h7-8H,4-6H2,1-3H3/t7-,8?,10?/m1/s1. The van der Waals surface area contributed by atoms with E-state index >= 15 is 0 Å². The summed E-state index contributed by atoms with van der Waals surface area (Å²) in [6, 6.07) is 0.